The molecule has 2 heterocycles. The molecule has 0 radical (unpaired) electrons. The van der Waals surface area contributed by atoms with E-state index in [4.69, 9.17) is 0 Å². The van der Waals surface area contributed by atoms with Gasteiger partial charge in [-0.15, -0.1) is 0 Å². The summed E-state index contributed by atoms with van der Waals surface area (Å²) in [4.78, 5) is 19.2. The van der Waals surface area contributed by atoms with Crippen LogP contribution >= 0.6 is 0 Å². The van der Waals surface area contributed by atoms with E-state index in [9.17, 15) is 13.2 Å². The number of amides is 1. The molecule has 0 saturated carbocycles. The van der Waals surface area contributed by atoms with E-state index in [-0.39, 0.29) is 16.2 Å². The van der Waals surface area contributed by atoms with Crippen LogP contribution in [0.1, 0.15) is 56.1 Å². The van der Waals surface area contributed by atoms with Gasteiger partial charge < -0.3 is 15.2 Å². The lowest BCUT2D eigenvalue weighted by Crippen LogP contribution is -2.32. The number of carbonyl (C=O) groups excluding carboxylic acids is 1. The van der Waals surface area contributed by atoms with Gasteiger partial charge in [0.05, 0.1) is 4.90 Å². The second kappa shape index (κ2) is 11.1. The van der Waals surface area contributed by atoms with Gasteiger partial charge in [0.2, 0.25) is 0 Å². The van der Waals surface area contributed by atoms with Crippen LogP contribution in [0.25, 0.3) is 22.0 Å². The number of rotatable bonds is 8. The Hall–Kier alpha value is -3.62. The summed E-state index contributed by atoms with van der Waals surface area (Å²) in [6.07, 6.45) is 3.27. The van der Waals surface area contributed by atoms with Crippen molar-refractivity contribution >= 4 is 32.5 Å². The van der Waals surface area contributed by atoms with Gasteiger partial charge in [-0.3, -0.25) is 9.52 Å². The molecule has 1 aliphatic rings. The van der Waals surface area contributed by atoms with Crippen LogP contribution in [-0.4, -0.2) is 50.4 Å². The van der Waals surface area contributed by atoms with Crippen LogP contribution in [0.4, 0.5) is 5.69 Å². The molecule has 0 aliphatic carbocycles. The molecule has 1 aromatic heterocycles. The van der Waals surface area contributed by atoms with Gasteiger partial charge in [0, 0.05) is 34.7 Å². The van der Waals surface area contributed by atoms with Gasteiger partial charge in [-0.1, -0.05) is 63.2 Å². The summed E-state index contributed by atoms with van der Waals surface area (Å²) >= 11 is 0. The zero-order chi connectivity index (χ0) is 28.5. The molecule has 210 valence electrons. The molecule has 3 N–H and O–H groups in total. The molecule has 1 fully saturated rings. The highest BCUT2D eigenvalue weighted by molar-refractivity contribution is 7.92. The van der Waals surface area contributed by atoms with Gasteiger partial charge in [0.1, 0.15) is 5.69 Å². The van der Waals surface area contributed by atoms with Gasteiger partial charge in [0.15, 0.2) is 0 Å². The highest BCUT2D eigenvalue weighted by Gasteiger charge is 2.23. The van der Waals surface area contributed by atoms with E-state index < -0.39 is 10.0 Å². The van der Waals surface area contributed by atoms with E-state index in [1.807, 2.05) is 48.5 Å². The number of sulfonamides is 1. The predicted octanol–water partition coefficient (Wildman–Crippen LogP) is 6.15. The lowest BCUT2D eigenvalue weighted by molar-refractivity contribution is 0.0947. The highest BCUT2D eigenvalue weighted by Crippen LogP contribution is 2.35. The molecule has 8 heteroatoms. The van der Waals surface area contributed by atoms with E-state index in [2.05, 4.69) is 47.7 Å². The molecule has 1 atom stereocenters. The van der Waals surface area contributed by atoms with E-state index in [0.29, 0.717) is 24.0 Å². The summed E-state index contributed by atoms with van der Waals surface area (Å²) in [5, 5.41) is 3.87. The zero-order valence-corrected chi connectivity index (χ0v) is 24.4. The summed E-state index contributed by atoms with van der Waals surface area (Å²) in [6.45, 7) is 7.97. The topological polar surface area (TPSA) is 94.3 Å². The number of fused-ring (bicyclic) bond motifs is 1. The first-order valence-corrected chi connectivity index (χ1v) is 15.3. The molecule has 40 heavy (non-hydrogen) atoms. The number of nitrogens with one attached hydrogen (secondary N) is 3. The molecule has 0 bridgehead atoms. The third-order valence-corrected chi connectivity index (χ3v) is 9.20. The van der Waals surface area contributed by atoms with Crippen LogP contribution in [-0.2, 0) is 15.4 Å². The number of H-pyrrole nitrogens is 1. The summed E-state index contributed by atoms with van der Waals surface area (Å²) in [7, 11) is -1.66. The second-order valence-corrected chi connectivity index (χ2v) is 13.4. The molecule has 0 spiro atoms. The van der Waals surface area contributed by atoms with Crippen LogP contribution in [0, 0.1) is 0 Å². The maximum atomic E-state index is 13.4. The van der Waals surface area contributed by atoms with Crippen molar-refractivity contribution in [2.24, 2.45) is 0 Å². The Morgan fingerprint density at radius 2 is 1.75 bits per heavy atom. The average Bonchev–Trinajstić information content (AvgIpc) is 3.51. The fourth-order valence-electron chi connectivity index (χ4n) is 5.46. The first-order chi connectivity index (χ1) is 19.0. The monoisotopic (exact) mass is 558 g/mol. The van der Waals surface area contributed by atoms with Crippen molar-refractivity contribution in [1.82, 2.24) is 15.2 Å². The molecule has 1 unspecified atom stereocenters. The quantitative estimate of drug-likeness (QED) is 0.242. The third-order valence-electron chi connectivity index (χ3n) is 7.81. The second-order valence-electron chi connectivity index (χ2n) is 11.7. The molecule has 1 amide bonds. The van der Waals surface area contributed by atoms with Gasteiger partial charge in [-0.25, -0.2) is 8.42 Å². The fourth-order valence-corrected chi connectivity index (χ4v) is 6.51. The number of hydrogen-bond donors (Lipinski definition) is 3. The van der Waals surface area contributed by atoms with Crippen LogP contribution in [0.15, 0.2) is 77.7 Å². The Labute approximate surface area is 237 Å². The van der Waals surface area contributed by atoms with E-state index in [0.717, 1.165) is 47.0 Å². The van der Waals surface area contributed by atoms with E-state index in [1.54, 1.807) is 24.3 Å². The van der Waals surface area contributed by atoms with Crippen molar-refractivity contribution in [2.45, 2.75) is 56.4 Å². The van der Waals surface area contributed by atoms with E-state index >= 15 is 0 Å². The number of aromatic amines is 1. The molecule has 1 aliphatic heterocycles. The minimum Gasteiger partial charge on any atom is -0.351 e. The summed E-state index contributed by atoms with van der Waals surface area (Å²) in [5.41, 5.74) is 4.29. The molecular formula is C32H38N4O3S. The number of nitrogens with zero attached hydrogens (tertiary/aromatic N) is 1. The Morgan fingerprint density at radius 3 is 2.40 bits per heavy atom. The molecule has 1 saturated heterocycles. The fraction of sp³-hybridized carbons (Fsp3) is 0.344. The van der Waals surface area contributed by atoms with Crippen molar-refractivity contribution in [2.75, 3.05) is 24.9 Å². The summed E-state index contributed by atoms with van der Waals surface area (Å²) in [5.74, 6) is -0.170. The van der Waals surface area contributed by atoms with Crippen molar-refractivity contribution in [3.63, 3.8) is 0 Å². The number of hydrogen-bond acceptors (Lipinski definition) is 4. The van der Waals surface area contributed by atoms with Crippen LogP contribution in [0.5, 0.6) is 0 Å². The van der Waals surface area contributed by atoms with Gasteiger partial charge >= 0.3 is 0 Å². The van der Waals surface area contributed by atoms with Crippen LogP contribution < -0.4 is 10.0 Å². The molecule has 3 aromatic carbocycles. The Bertz CT molecular complexity index is 1600. The number of anilines is 1. The first kappa shape index (κ1) is 27.9. The van der Waals surface area contributed by atoms with Crippen molar-refractivity contribution in [3.05, 3.63) is 84.1 Å². The van der Waals surface area contributed by atoms with Gasteiger partial charge in [0.25, 0.3) is 15.9 Å². The largest absolute Gasteiger partial charge is 0.351 e. The third kappa shape index (κ3) is 5.93. The van der Waals surface area contributed by atoms with Crippen LogP contribution in [0.2, 0.25) is 0 Å². The highest BCUT2D eigenvalue weighted by atomic mass is 32.2. The lowest BCUT2D eigenvalue weighted by atomic mass is 9.87. The number of benzene rings is 3. The number of likely N-dealkylation sites (tertiary alicyclic amines) is 1. The van der Waals surface area contributed by atoms with Gasteiger partial charge in [-0.2, -0.15) is 0 Å². The standard InChI is InChI=1S/C32H38N4O3S/c1-32(2,3)23-12-15-26(16-13-23)40(38,39)35-24-14-17-28-27(21-24)29(22-9-6-5-7-10-22)30(34-28)31(37)33-19-18-25-11-8-20-36(25)4/h5-7,9-10,12-17,21,25,34-35H,8,11,18-20H2,1-4H3,(H,33,37). The predicted molar refractivity (Wildman–Crippen MR) is 162 cm³/mol. The maximum Gasteiger partial charge on any atom is 0.268 e. The maximum absolute atomic E-state index is 13.4. The summed E-state index contributed by atoms with van der Waals surface area (Å²) in [6, 6.07) is 22.5. The van der Waals surface area contributed by atoms with Crippen molar-refractivity contribution in [3.8, 4) is 11.1 Å². The van der Waals surface area contributed by atoms with E-state index in [1.165, 1.54) is 6.42 Å². The minimum atomic E-state index is -3.80. The Morgan fingerprint density at radius 1 is 1.02 bits per heavy atom. The van der Waals surface area contributed by atoms with Gasteiger partial charge in [-0.05, 0) is 79.7 Å². The Balaban J connectivity index is 1.43. The average molecular weight is 559 g/mol. The molecule has 4 aromatic rings. The molecule has 5 rings (SSSR count). The lowest BCUT2D eigenvalue weighted by Gasteiger charge is -2.19. The first-order valence-electron chi connectivity index (χ1n) is 13.9. The van der Waals surface area contributed by atoms with Crippen molar-refractivity contribution in [1.29, 1.82) is 0 Å². The number of carbonyl (C=O) groups is 1. The smallest absolute Gasteiger partial charge is 0.268 e. The molecular weight excluding hydrogens is 520 g/mol. The van der Waals surface area contributed by atoms with Crippen LogP contribution in [0.3, 0.4) is 0 Å². The molecule has 7 nitrogen and oxygen atoms in total. The minimum absolute atomic E-state index is 0.0697. The zero-order valence-electron chi connectivity index (χ0n) is 23.6. The van der Waals surface area contributed by atoms with Crippen molar-refractivity contribution < 1.29 is 13.2 Å². The normalized spacial score (nSPS) is 16.4. The SMILES string of the molecule is CN1CCCC1CCNC(=O)c1[nH]c2ccc(NS(=O)(=O)c3ccc(C(C)(C)C)cc3)cc2c1-c1ccccc1. The summed E-state index contributed by atoms with van der Waals surface area (Å²) < 4.78 is 29.2. The Kier molecular flexibility index (Phi) is 7.75. The number of aromatic nitrogens is 1.